The number of rotatable bonds is 3. The Bertz CT molecular complexity index is 743. The fraction of sp³-hybridized carbons (Fsp3) is 0.435. The molecule has 1 heterocycles. The highest BCUT2D eigenvalue weighted by atomic mass is 16.2. The number of nitrogens with zero attached hydrogens (tertiary/aromatic N) is 1. The first-order chi connectivity index (χ1) is 12.8. The minimum absolute atomic E-state index is 0.0644. The van der Waals surface area contributed by atoms with Gasteiger partial charge in [0.2, 0.25) is 0 Å². The van der Waals surface area contributed by atoms with Crippen LogP contribution in [0, 0.1) is 11.8 Å². The van der Waals surface area contributed by atoms with Crippen LogP contribution in [0.2, 0.25) is 0 Å². The number of urea groups is 1. The van der Waals surface area contributed by atoms with Gasteiger partial charge in [-0.2, -0.15) is 0 Å². The van der Waals surface area contributed by atoms with Gasteiger partial charge in [-0.25, -0.2) is 4.79 Å². The van der Waals surface area contributed by atoms with Gasteiger partial charge in [-0.1, -0.05) is 67.8 Å². The summed E-state index contributed by atoms with van der Waals surface area (Å²) in [6, 6.07) is 18.6. The zero-order valence-electron chi connectivity index (χ0n) is 15.4. The molecule has 0 aromatic heterocycles. The minimum Gasteiger partial charge on any atom is -0.324 e. The van der Waals surface area contributed by atoms with E-state index in [1.807, 2.05) is 29.2 Å². The van der Waals surface area contributed by atoms with Gasteiger partial charge in [0.25, 0.3) is 0 Å². The van der Waals surface area contributed by atoms with Gasteiger partial charge in [-0.15, -0.1) is 0 Å². The number of hydrogen-bond acceptors (Lipinski definition) is 1. The number of piperidine rings is 1. The van der Waals surface area contributed by atoms with Gasteiger partial charge < -0.3 is 10.2 Å². The Kier molecular flexibility index (Phi) is 5.24. The van der Waals surface area contributed by atoms with Gasteiger partial charge >= 0.3 is 6.03 Å². The van der Waals surface area contributed by atoms with E-state index in [0.29, 0.717) is 5.92 Å². The first-order valence-corrected chi connectivity index (χ1v) is 9.97. The summed E-state index contributed by atoms with van der Waals surface area (Å²) in [4.78, 5) is 14.9. The fourth-order valence-corrected chi connectivity index (χ4v) is 4.59. The minimum atomic E-state index is 0.0644. The number of benzene rings is 2. The number of carbonyl (C=O) groups is 1. The van der Waals surface area contributed by atoms with E-state index in [4.69, 9.17) is 0 Å². The maximum atomic E-state index is 12.9. The Morgan fingerprint density at radius 2 is 1.65 bits per heavy atom. The standard InChI is InChI=1S/C23H28N2O/c26-23(25-15-14-19-10-4-5-12-21(19)17-25)24-22-13-7-6-11-20(22)16-18-8-2-1-3-9-18/h1-3,6-9,11,13,19,21H,4-5,10,12,14-17H2,(H,24,26). The number of hydrogen-bond donors (Lipinski definition) is 1. The summed E-state index contributed by atoms with van der Waals surface area (Å²) < 4.78 is 0. The summed E-state index contributed by atoms with van der Waals surface area (Å²) in [5.74, 6) is 1.56. The Morgan fingerprint density at radius 3 is 2.50 bits per heavy atom. The van der Waals surface area contributed by atoms with Crippen molar-refractivity contribution in [1.29, 1.82) is 0 Å². The van der Waals surface area contributed by atoms with Crippen LogP contribution in [-0.4, -0.2) is 24.0 Å². The van der Waals surface area contributed by atoms with Crippen LogP contribution in [0.15, 0.2) is 54.6 Å². The Labute approximate surface area is 156 Å². The van der Waals surface area contributed by atoms with Crippen LogP contribution in [0.25, 0.3) is 0 Å². The summed E-state index contributed by atoms with van der Waals surface area (Å²) >= 11 is 0. The zero-order valence-corrected chi connectivity index (χ0v) is 15.4. The molecule has 0 radical (unpaired) electrons. The average Bonchev–Trinajstić information content (AvgIpc) is 2.70. The van der Waals surface area contributed by atoms with E-state index in [9.17, 15) is 4.79 Å². The smallest absolute Gasteiger partial charge is 0.321 e. The molecule has 1 N–H and O–H groups in total. The summed E-state index contributed by atoms with van der Waals surface area (Å²) in [6.45, 7) is 1.82. The molecule has 3 nitrogen and oxygen atoms in total. The second-order valence-corrected chi connectivity index (χ2v) is 7.79. The molecule has 1 aliphatic heterocycles. The lowest BCUT2D eigenvalue weighted by molar-refractivity contribution is 0.108. The maximum Gasteiger partial charge on any atom is 0.321 e. The molecule has 2 unspecified atom stereocenters. The van der Waals surface area contributed by atoms with E-state index < -0.39 is 0 Å². The van der Waals surface area contributed by atoms with Crippen LogP contribution in [0.4, 0.5) is 10.5 Å². The molecular weight excluding hydrogens is 320 g/mol. The van der Waals surface area contributed by atoms with Crippen molar-refractivity contribution in [1.82, 2.24) is 4.90 Å². The van der Waals surface area contributed by atoms with Gasteiger partial charge in [0.15, 0.2) is 0 Å². The number of amides is 2. The van der Waals surface area contributed by atoms with E-state index in [2.05, 4.69) is 35.6 Å². The summed E-state index contributed by atoms with van der Waals surface area (Å²) in [6.07, 6.45) is 7.36. The zero-order chi connectivity index (χ0) is 17.8. The molecule has 2 aliphatic rings. The molecular formula is C23H28N2O. The molecule has 4 rings (SSSR count). The molecule has 2 amide bonds. The van der Waals surface area contributed by atoms with Crippen molar-refractivity contribution in [3.63, 3.8) is 0 Å². The summed E-state index contributed by atoms with van der Waals surface area (Å²) in [5.41, 5.74) is 3.36. The van der Waals surface area contributed by atoms with E-state index >= 15 is 0 Å². The maximum absolute atomic E-state index is 12.9. The molecule has 2 atom stereocenters. The van der Waals surface area contributed by atoms with Crippen LogP contribution in [-0.2, 0) is 6.42 Å². The highest BCUT2D eigenvalue weighted by Crippen LogP contribution is 2.36. The summed E-state index contributed by atoms with van der Waals surface area (Å²) in [5, 5.41) is 3.18. The van der Waals surface area contributed by atoms with Gasteiger partial charge in [0, 0.05) is 18.8 Å². The molecule has 3 heteroatoms. The van der Waals surface area contributed by atoms with Crippen molar-refractivity contribution >= 4 is 11.7 Å². The third-order valence-corrected chi connectivity index (χ3v) is 6.07. The van der Waals surface area contributed by atoms with Gasteiger partial charge in [0.1, 0.15) is 0 Å². The Balaban J connectivity index is 1.43. The quantitative estimate of drug-likeness (QED) is 0.800. The average molecular weight is 348 g/mol. The number of carbonyl (C=O) groups excluding carboxylic acids is 1. The van der Waals surface area contributed by atoms with E-state index in [1.165, 1.54) is 43.2 Å². The van der Waals surface area contributed by atoms with Crippen LogP contribution in [0.1, 0.15) is 43.2 Å². The molecule has 2 aromatic rings. The van der Waals surface area contributed by atoms with Gasteiger partial charge in [-0.05, 0) is 48.3 Å². The lowest BCUT2D eigenvalue weighted by Crippen LogP contribution is -2.46. The molecule has 1 aliphatic carbocycles. The number of anilines is 1. The first-order valence-electron chi connectivity index (χ1n) is 9.97. The second kappa shape index (κ2) is 7.94. The molecule has 26 heavy (non-hydrogen) atoms. The highest BCUT2D eigenvalue weighted by Gasteiger charge is 2.33. The SMILES string of the molecule is O=C(Nc1ccccc1Cc1ccccc1)N1CCC2CCCCC2C1. The second-order valence-electron chi connectivity index (χ2n) is 7.79. The predicted octanol–water partition coefficient (Wildman–Crippen LogP) is 5.32. The molecule has 2 aromatic carbocycles. The van der Waals surface area contributed by atoms with E-state index in [-0.39, 0.29) is 6.03 Å². The number of likely N-dealkylation sites (tertiary alicyclic amines) is 1. The first kappa shape index (κ1) is 17.1. The van der Waals surface area contributed by atoms with Crippen LogP contribution in [0.3, 0.4) is 0 Å². The molecule has 1 saturated heterocycles. The summed E-state index contributed by atoms with van der Waals surface area (Å²) in [7, 11) is 0. The Hall–Kier alpha value is -2.29. The van der Waals surface area contributed by atoms with Gasteiger partial charge in [0.05, 0.1) is 0 Å². The van der Waals surface area contributed by atoms with E-state index in [0.717, 1.165) is 31.1 Å². The van der Waals surface area contributed by atoms with Crippen molar-refractivity contribution in [3.8, 4) is 0 Å². The fourth-order valence-electron chi connectivity index (χ4n) is 4.59. The third-order valence-electron chi connectivity index (χ3n) is 6.07. The Morgan fingerprint density at radius 1 is 0.923 bits per heavy atom. The lowest BCUT2D eigenvalue weighted by Gasteiger charge is -2.41. The van der Waals surface area contributed by atoms with E-state index in [1.54, 1.807) is 0 Å². The van der Waals surface area contributed by atoms with Crippen molar-refractivity contribution < 1.29 is 4.79 Å². The lowest BCUT2D eigenvalue weighted by atomic mass is 9.75. The van der Waals surface area contributed by atoms with Crippen molar-refractivity contribution in [3.05, 3.63) is 65.7 Å². The normalized spacial score (nSPS) is 22.5. The van der Waals surface area contributed by atoms with Crippen LogP contribution < -0.4 is 5.32 Å². The molecule has 136 valence electrons. The predicted molar refractivity (Wildman–Crippen MR) is 106 cm³/mol. The molecule has 2 fully saturated rings. The molecule has 1 saturated carbocycles. The van der Waals surface area contributed by atoms with Crippen molar-refractivity contribution in [2.45, 2.75) is 38.5 Å². The number of fused-ring (bicyclic) bond motifs is 1. The van der Waals surface area contributed by atoms with Crippen LogP contribution in [0.5, 0.6) is 0 Å². The van der Waals surface area contributed by atoms with Crippen molar-refractivity contribution in [2.75, 3.05) is 18.4 Å². The number of nitrogens with one attached hydrogen (secondary N) is 1. The molecule has 0 spiro atoms. The van der Waals surface area contributed by atoms with Crippen LogP contribution >= 0.6 is 0 Å². The molecule has 0 bridgehead atoms. The number of para-hydroxylation sites is 1. The monoisotopic (exact) mass is 348 g/mol. The largest absolute Gasteiger partial charge is 0.324 e. The third kappa shape index (κ3) is 3.92. The van der Waals surface area contributed by atoms with Gasteiger partial charge in [-0.3, -0.25) is 0 Å². The topological polar surface area (TPSA) is 32.3 Å². The van der Waals surface area contributed by atoms with Crippen molar-refractivity contribution in [2.24, 2.45) is 11.8 Å². The highest BCUT2D eigenvalue weighted by molar-refractivity contribution is 5.90.